The molecule has 0 saturated heterocycles. The third-order valence-electron chi connectivity index (χ3n) is 4.14. The van der Waals surface area contributed by atoms with Gasteiger partial charge in [0.1, 0.15) is 0 Å². The van der Waals surface area contributed by atoms with Crippen molar-refractivity contribution in [3.05, 3.63) is 71.5 Å². The first-order valence-electron chi connectivity index (χ1n) is 7.08. The van der Waals surface area contributed by atoms with Crippen molar-refractivity contribution < 1.29 is 4.79 Å². The predicted octanol–water partition coefficient (Wildman–Crippen LogP) is 2.65. The van der Waals surface area contributed by atoms with Crippen molar-refractivity contribution in [2.24, 2.45) is 0 Å². The summed E-state index contributed by atoms with van der Waals surface area (Å²) in [6.07, 6.45) is 1.45. The molecule has 1 N–H and O–H groups in total. The fraction of sp³-hybridized carbons (Fsp3) is 0.118. The van der Waals surface area contributed by atoms with Crippen LogP contribution >= 0.6 is 0 Å². The molecule has 5 nitrogen and oxygen atoms in total. The molecule has 1 heterocycles. The number of fused-ring (bicyclic) bond motifs is 3. The Morgan fingerprint density at radius 1 is 1.05 bits per heavy atom. The average Bonchev–Trinajstić information content (AvgIpc) is 3.20. The Morgan fingerprint density at radius 2 is 1.64 bits per heavy atom. The van der Waals surface area contributed by atoms with Gasteiger partial charge in [0, 0.05) is 7.05 Å². The molecular weight excluding hydrogens is 276 g/mol. The van der Waals surface area contributed by atoms with E-state index in [1.807, 2.05) is 24.3 Å². The molecule has 2 aromatic carbocycles. The normalized spacial score (nSPS) is 12.8. The Bertz CT molecular complexity index is 796. The van der Waals surface area contributed by atoms with E-state index in [-0.39, 0.29) is 11.9 Å². The van der Waals surface area contributed by atoms with Gasteiger partial charge in [0.25, 0.3) is 5.91 Å². The molecule has 0 spiro atoms. The molecule has 22 heavy (non-hydrogen) atoms. The van der Waals surface area contributed by atoms with E-state index in [9.17, 15) is 4.79 Å². The van der Waals surface area contributed by atoms with Crippen LogP contribution in [0.1, 0.15) is 27.7 Å². The van der Waals surface area contributed by atoms with E-state index in [4.69, 9.17) is 0 Å². The van der Waals surface area contributed by atoms with Gasteiger partial charge in [0.15, 0.2) is 5.69 Å². The first-order valence-corrected chi connectivity index (χ1v) is 7.08. The largest absolute Gasteiger partial charge is 0.329 e. The van der Waals surface area contributed by atoms with E-state index in [2.05, 4.69) is 39.7 Å². The molecule has 0 atom stereocenters. The fourth-order valence-corrected chi connectivity index (χ4v) is 3.15. The highest BCUT2D eigenvalue weighted by Gasteiger charge is 2.33. The predicted molar refractivity (Wildman–Crippen MR) is 82.2 cm³/mol. The molecule has 1 aliphatic carbocycles. The molecule has 0 radical (unpaired) electrons. The van der Waals surface area contributed by atoms with Crippen molar-refractivity contribution in [2.75, 3.05) is 7.05 Å². The van der Waals surface area contributed by atoms with Crippen LogP contribution in [0.3, 0.4) is 0 Å². The van der Waals surface area contributed by atoms with Crippen molar-refractivity contribution in [1.29, 1.82) is 0 Å². The van der Waals surface area contributed by atoms with Gasteiger partial charge in [-0.05, 0) is 22.3 Å². The number of nitrogens with zero attached hydrogens (tertiary/aromatic N) is 3. The minimum absolute atomic E-state index is 0.100. The number of rotatable bonds is 2. The van der Waals surface area contributed by atoms with Crippen LogP contribution in [-0.2, 0) is 0 Å². The highest BCUT2D eigenvalue weighted by Crippen LogP contribution is 2.45. The number of hydrogen-bond donors (Lipinski definition) is 1. The zero-order valence-electron chi connectivity index (χ0n) is 12.0. The molecule has 1 aromatic heterocycles. The summed E-state index contributed by atoms with van der Waals surface area (Å²) in [5.41, 5.74) is 4.97. The van der Waals surface area contributed by atoms with Crippen LogP contribution in [0.25, 0.3) is 11.1 Å². The van der Waals surface area contributed by atoms with Crippen LogP contribution in [0, 0.1) is 0 Å². The number of benzene rings is 2. The number of aromatic amines is 1. The van der Waals surface area contributed by atoms with Crippen LogP contribution in [0.4, 0.5) is 0 Å². The smallest absolute Gasteiger partial charge is 0.276 e. The lowest BCUT2D eigenvalue weighted by Crippen LogP contribution is -2.31. The van der Waals surface area contributed by atoms with Crippen molar-refractivity contribution in [2.45, 2.75) is 6.04 Å². The van der Waals surface area contributed by atoms with E-state index in [0.29, 0.717) is 5.69 Å². The number of carbonyl (C=O) groups excluding carboxylic acids is 1. The van der Waals surface area contributed by atoms with E-state index in [1.165, 1.54) is 17.3 Å². The number of aromatic nitrogens is 3. The minimum atomic E-state index is -0.148. The van der Waals surface area contributed by atoms with Gasteiger partial charge >= 0.3 is 0 Å². The standard InChI is InChI=1S/C17H14N4O/c1-21(17(22)15-10-18-20-19-15)16-13-8-4-2-6-11(13)12-7-3-5-9-14(12)16/h2-10,16H,1H3,(H,18,19,20). The van der Waals surface area contributed by atoms with Crippen molar-refractivity contribution in [1.82, 2.24) is 20.3 Å². The molecular formula is C17H14N4O. The van der Waals surface area contributed by atoms with E-state index in [1.54, 1.807) is 11.9 Å². The second-order valence-electron chi connectivity index (χ2n) is 5.35. The lowest BCUT2D eigenvalue weighted by atomic mass is 10.0. The lowest BCUT2D eigenvalue weighted by Gasteiger charge is -2.25. The molecule has 0 saturated carbocycles. The fourth-order valence-electron chi connectivity index (χ4n) is 3.15. The summed E-state index contributed by atoms with van der Waals surface area (Å²) in [6, 6.07) is 16.3. The maximum atomic E-state index is 12.6. The molecule has 0 aliphatic heterocycles. The van der Waals surface area contributed by atoms with Gasteiger partial charge in [-0.15, -0.1) is 0 Å². The third kappa shape index (κ3) is 1.75. The van der Waals surface area contributed by atoms with Gasteiger partial charge in [-0.1, -0.05) is 48.5 Å². The van der Waals surface area contributed by atoms with Gasteiger partial charge in [0.2, 0.25) is 0 Å². The summed E-state index contributed by atoms with van der Waals surface area (Å²) in [5, 5.41) is 10.1. The van der Waals surface area contributed by atoms with Crippen molar-refractivity contribution in [3.8, 4) is 11.1 Å². The quantitative estimate of drug-likeness (QED) is 0.789. The molecule has 1 aliphatic rings. The van der Waals surface area contributed by atoms with Crippen LogP contribution in [0.15, 0.2) is 54.7 Å². The summed E-state index contributed by atoms with van der Waals surface area (Å²) >= 11 is 0. The van der Waals surface area contributed by atoms with E-state index in [0.717, 1.165) is 11.1 Å². The molecule has 0 fully saturated rings. The molecule has 108 valence electrons. The Kier molecular flexibility index (Phi) is 2.79. The van der Waals surface area contributed by atoms with Crippen molar-refractivity contribution in [3.63, 3.8) is 0 Å². The molecule has 5 heteroatoms. The summed E-state index contributed by atoms with van der Waals surface area (Å²) < 4.78 is 0. The van der Waals surface area contributed by atoms with Crippen LogP contribution < -0.4 is 0 Å². The summed E-state index contributed by atoms with van der Waals surface area (Å²) in [5.74, 6) is -0.148. The highest BCUT2D eigenvalue weighted by molar-refractivity contribution is 5.93. The van der Waals surface area contributed by atoms with Crippen molar-refractivity contribution >= 4 is 5.91 Å². The zero-order chi connectivity index (χ0) is 15.1. The summed E-state index contributed by atoms with van der Waals surface area (Å²) in [6.45, 7) is 0. The Balaban J connectivity index is 1.83. The first kappa shape index (κ1) is 12.8. The van der Waals surface area contributed by atoms with E-state index < -0.39 is 0 Å². The second kappa shape index (κ2) is 4.80. The summed E-state index contributed by atoms with van der Waals surface area (Å²) in [4.78, 5) is 14.3. The molecule has 4 rings (SSSR count). The molecule has 0 bridgehead atoms. The zero-order valence-corrected chi connectivity index (χ0v) is 12.0. The number of carbonyl (C=O) groups is 1. The number of nitrogens with one attached hydrogen (secondary N) is 1. The Hall–Kier alpha value is -2.95. The van der Waals surface area contributed by atoms with Gasteiger partial charge < -0.3 is 4.90 Å². The number of H-pyrrole nitrogens is 1. The van der Waals surface area contributed by atoms with Gasteiger partial charge in [-0.25, -0.2) is 0 Å². The van der Waals surface area contributed by atoms with Crippen LogP contribution in [0.2, 0.25) is 0 Å². The first-order chi connectivity index (χ1) is 10.8. The minimum Gasteiger partial charge on any atom is -0.329 e. The molecule has 3 aromatic rings. The maximum absolute atomic E-state index is 12.6. The average molecular weight is 290 g/mol. The lowest BCUT2D eigenvalue weighted by molar-refractivity contribution is 0.0751. The molecule has 1 amide bonds. The van der Waals surface area contributed by atoms with Gasteiger partial charge in [-0.3, -0.25) is 4.79 Å². The van der Waals surface area contributed by atoms with Gasteiger partial charge in [-0.2, -0.15) is 15.4 Å². The number of amides is 1. The van der Waals surface area contributed by atoms with E-state index >= 15 is 0 Å². The maximum Gasteiger partial charge on any atom is 0.276 e. The number of hydrogen-bond acceptors (Lipinski definition) is 3. The van der Waals surface area contributed by atoms with Crippen LogP contribution in [-0.4, -0.2) is 33.3 Å². The monoisotopic (exact) mass is 290 g/mol. The Labute approximate surface area is 127 Å². The Morgan fingerprint density at radius 3 is 2.18 bits per heavy atom. The summed E-state index contributed by atoms with van der Waals surface area (Å²) in [7, 11) is 1.81. The SMILES string of the molecule is CN(C(=O)c1cn[nH]n1)C1c2ccccc2-c2ccccc21. The van der Waals surface area contributed by atoms with Crippen LogP contribution in [0.5, 0.6) is 0 Å². The molecule has 0 unspecified atom stereocenters. The van der Waals surface area contributed by atoms with Gasteiger partial charge in [0.05, 0.1) is 12.2 Å². The second-order valence-corrected chi connectivity index (χ2v) is 5.35. The topological polar surface area (TPSA) is 61.9 Å². The highest BCUT2D eigenvalue weighted by atomic mass is 16.2. The third-order valence-corrected chi connectivity index (χ3v) is 4.14.